The van der Waals surface area contributed by atoms with Gasteiger partial charge in [-0.2, -0.15) is 0 Å². The number of sulfonamides is 1. The summed E-state index contributed by atoms with van der Waals surface area (Å²) in [5.74, 6) is -0.445. The van der Waals surface area contributed by atoms with E-state index >= 15 is 0 Å². The van der Waals surface area contributed by atoms with E-state index in [1.165, 1.54) is 30.4 Å². The number of hydrogen-bond donors (Lipinski definition) is 1. The van der Waals surface area contributed by atoms with Crippen LogP contribution in [0, 0.1) is 0 Å². The molecular weight excluding hydrogens is 388 g/mol. The number of ketones is 1. The van der Waals surface area contributed by atoms with Crippen LogP contribution in [-0.4, -0.2) is 27.2 Å². The Morgan fingerprint density at radius 2 is 1.48 bits per heavy atom. The summed E-state index contributed by atoms with van der Waals surface area (Å²) < 4.78 is 26.6. The zero-order chi connectivity index (χ0) is 21.0. The highest BCUT2D eigenvalue weighted by Crippen LogP contribution is 2.22. The average molecular weight is 408 g/mol. The Balaban J connectivity index is 1.77. The maximum atomic E-state index is 12.7. The quantitative estimate of drug-likeness (QED) is 0.626. The van der Waals surface area contributed by atoms with Crippen LogP contribution in [0.15, 0.2) is 83.8 Å². The monoisotopic (exact) mass is 408 g/mol. The standard InChI is InChI=1S/C22H20N2O4S/c1-16(25)18-7-6-8-19(15-18)23-22(26)17-11-13-20(14-12-17)24(2)29(27,28)21-9-4-3-5-10-21/h3-15H,1-2H3,(H,23,26). The van der Waals surface area contributed by atoms with E-state index in [2.05, 4.69) is 5.32 Å². The second-order valence-electron chi connectivity index (χ2n) is 6.42. The van der Waals surface area contributed by atoms with Gasteiger partial charge < -0.3 is 5.32 Å². The van der Waals surface area contributed by atoms with E-state index in [4.69, 9.17) is 0 Å². The Labute approximate surface area is 169 Å². The van der Waals surface area contributed by atoms with Gasteiger partial charge >= 0.3 is 0 Å². The van der Waals surface area contributed by atoms with Gasteiger partial charge in [-0.1, -0.05) is 30.3 Å². The van der Waals surface area contributed by atoms with E-state index in [9.17, 15) is 18.0 Å². The Morgan fingerprint density at radius 1 is 0.828 bits per heavy atom. The SMILES string of the molecule is CC(=O)c1cccc(NC(=O)c2ccc(N(C)S(=O)(=O)c3ccccc3)cc2)c1. The summed E-state index contributed by atoms with van der Waals surface area (Å²) in [6, 6.07) is 21.0. The van der Waals surface area contributed by atoms with E-state index in [1.54, 1.807) is 66.7 Å². The largest absolute Gasteiger partial charge is 0.322 e. The third kappa shape index (κ3) is 4.52. The van der Waals surface area contributed by atoms with Gasteiger partial charge in [-0.3, -0.25) is 13.9 Å². The fraction of sp³-hybridized carbons (Fsp3) is 0.0909. The summed E-state index contributed by atoms with van der Waals surface area (Å²) in [7, 11) is -2.22. The molecular formula is C22H20N2O4S. The van der Waals surface area contributed by atoms with E-state index in [1.807, 2.05) is 0 Å². The molecule has 0 fully saturated rings. The summed E-state index contributed by atoms with van der Waals surface area (Å²) in [6.07, 6.45) is 0. The molecule has 29 heavy (non-hydrogen) atoms. The number of benzene rings is 3. The number of hydrogen-bond acceptors (Lipinski definition) is 4. The molecule has 6 nitrogen and oxygen atoms in total. The zero-order valence-electron chi connectivity index (χ0n) is 16.0. The predicted molar refractivity (Wildman–Crippen MR) is 113 cm³/mol. The van der Waals surface area contributed by atoms with Gasteiger partial charge in [0.05, 0.1) is 10.6 Å². The fourth-order valence-electron chi connectivity index (χ4n) is 2.73. The first kappa shape index (κ1) is 20.3. The molecule has 3 aromatic rings. The van der Waals surface area contributed by atoms with Gasteiger partial charge in [0, 0.05) is 23.9 Å². The highest BCUT2D eigenvalue weighted by atomic mass is 32.2. The average Bonchev–Trinajstić information content (AvgIpc) is 2.74. The molecule has 0 atom stereocenters. The van der Waals surface area contributed by atoms with Crippen LogP contribution in [0.4, 0.5) is 11.4 Å². The van der Waals surface area contributed by atoms with Gasteiger partial charge in [0.15, 0.2) is 5.78 Å². The summed E-state index contributed by atoms with van der Waals surface area (Å²) >= 11 is 0. The van der Waals surface area contributed by atoms with Gasteiger partial charge in [0.2, 0.25) is 0 Å². The normalized spacial score (nSPS) is 11.0. The minimum Gasteiger partial charge on any atom is -0.322 e. The van der Waals surface area contributed by atoms with Crippen LogP contribution in [0.1, 0.15) is 27.6 Å². The molecule has 0 aliphatic heterocycles. The van der Waals surface area contributed by atoms with Crippen LogP contribution < -0.4 is 9.62 Å². The topological polar surface area (TPSA) is 83.6 Å². The lowest BCUT2D eigenvalue weighted by Crippen LogP contribution is -2.26. The molecule has 0 aliphatic carbocycles. The van der Waals surface area contributed by atoms with E-state index in [0.29, 0.717) is 22.5 Å². The van der Waals surface area contributed by atoms with Crippen LogP contribution in [0.5, 0.6) is 0 Å². The molecule has 1 amide bonds. The molecule has 148 valence electrons. The van der Waals surface area contributed by atoms with Crippen molar-refractivity contribution in [2.75, 3.05) is 16.7 Å². The number of rotatable bonds is 6. The molecule has 7 heteroatoms. The molecule has 0 aromatic heterocycles. The third-order valence-electron chi connectivity index (χ3n) is 4.42. The van der Waals surface area contributed by atoms with Crippen molar-refractivity contribution in [3.63, 3.8) is 0 Å². The molecule has 0 aliphatic rings. The highest BCUT2D eigenvalue weighted by molar-refractivity contribution is 7.92. The van der Waals surface area contributed by atoms with Crippen LogP contribution in [-0.2, 0) is 10.0 Å². The first-order valence-corrected chi connectivity index (χ1v) is 10.3. The molecule has 0 unspecified atom stereocenters. The third-order valence-corrected chi connectivity index (χ3v) is 6.22. The number of nitrogens with zero attached hydrogens (tertiary/aromatic N) is 1. The van der Waals surface area contributed by atoms with Crippen LogP contribution in [0.3, 0.4) is 0 Å². The Hall–Kier alpha value is -3.45. The molecule has 0 spiro atoms. The smallest absolute Gasteiger partial charge is 0.264 e. The number of Topliss-reactive ketones (excluding diaryl/α,β-unsaturated/α-hetero) is 1. The zero-order valence-corrected chi connectivity index (χ0v) is 16.8. The van der Waals surface area contributed by atoms with E-state index in [-0.39, 0.29) is 16.6 Å². The molecule has 0 bridgehead atoms. The maximum Gasteiger partial charge on any atom is 0.264 e. The minimum atomic E-state index is -3.69. The van der Waals surface area contributed by atoms with Gasteiger partial charge in [0.1, 0.15) is 0 Å². The lowest BCUT2D eigenvalue weighted by molar-refractivity contribution is 0.101. The summed E-state index contributed by atoms with van der Waals surface area (Å²) in [5.41, 5.74) is 1.82. The number of carbonyl (C=O) groups is 2. The van der Waals surface area contributed by atoms with Crippen molar-refractivity contribution in [2.45, 2.75) is 11.8 Å². The Morgan fingerprint density at radius 3 is 2.10 bits per heavy atom. The molecule has 0 saturated carbocycles. The van der Waals surface area contributed by atoms with E-state index in [0.717, 1.165) is 0 Å². The van der Waals surface area contributed by atoms with Crippen LogP contribution >= 0.6 is 0 Å². The first-order valence-electron chi connectivity index (χ1n) is 8.85. The second kappa shape index (κ2) is 8.28. The number of carbonyl (C=O) groups excluding carboxylic acids is 2. The summed E-state index contributed by atoms with van der Waals surface area (Å²) in [5, 5.41) is 2.74. The minimum absolute atomic E-state index is 0.0897. The fourth-order valence-corrected chi connectivity index (χ4v) is 3.95. The summed E-state index contributed by atoms with van der Waals surface area (Å²) in [6.45, 7) is 1.46. The molecule has 3 rings (SSSR count). The molecule has 0 radical (unpaired) electrons. The van der Waals surface area contributed by atoms with Crippen molar-refractivity contribution in [2.24, 2.45) is 0 Å². The molecule has 0 heterocycles. The number of amides is 1. The summed E-state index contributed by atoms with van der Waals surface area (Å²) in [4.78, 5) is 24.1. The van der Waals surface area contributed by atoms with Gasteiger partial charge in [-0.15, -0.1) is 0 Å². The van der Waals surface area contributed by atoms with Crippen LogP contribution in [0.2, 0.25) is 0 Å². The van der Waals surface area contributed by atoms with E-state index < -0.39 is 10.0 Å². The van der Waals surface area contributed by atoms with Crippen molar-refractivity contribution >= 4 is 33.1 Å². The molecule has 1 N–H and O–H groups in total. The lowest BCUT2D eigenvalue weighted by atomic mass is 10.1. The lowest BCUT2D eigenvalue weighted by Gasteiger charge is -2.19. The number of anilines is 2. The maximum absolute atomic E-state index is 12.7. The van der Waals surface area contributed by atoms with Gasteiger partial charge in [-0.05, 0) is 55.5 Å². The van der Waals surface area contributed by atoms with Crippen molar-refractivity contribution in [1.29, 1.82) is 0 Å². The Kier molecular flexibility index (Phi) is 5.79. The first-order chi connectivity index (χ1) is 13.8. The van der Waals surface area contributed by atoms with Crippen molar-refractivity contribution < 1.29 is 18.0 Å². The van der Waals surface area contributed by atoms with Crippen molar-refractivity contribution in [1.82, 2.24) is 0 Å². The predicted octanol–water partition coefficient (Wildman–Crippen LogP) is 3.97. The Bertz CT molecular complexity index is 1140. The number of nitrogens with one attached hydrogen (secondary N) is 1. The van der Waals surface area contributed by atoms with Gasteiger partial charge in [-0.25, -0.2) is 8.42 Å². The van der Waals surface area contributed by atoms with Gasteiger partial charge in [0.25, 0.3) is 15.9 Å². The van der Waals surface area contributed by atoms with Crippen molar-refractivity contribution in [3.8, 4) is 0 Å². The van der Waals surface area contributed by atoms with Crippen LogP contribution in [0.25, 0.3) is 0 Å². The van der Waals surface area contributed by atoms with Crippen molar-refractivity contribution in [3.05, 3.63) is 90.0 Å². The highest BCUT2D eigenvalue weighted by Gasteiger charge is 2.21. The molecule has 3 aromatic carbocycles. The second-order valence-corrected chi connectivity index (χ2v) is 8.39. The molecule has 0 saturated heterocycles.